The lowest BCUT2D eigenvalue weighted by Crippen LogP contribution is -2.56. The standard InChI is InChI=1S/C14H19N3O3/c1-3-9-6-10(8(2)15)7-17(14(9)20)11-4-5-12(18)16-13(11)19/h3,11H,4-7,15H2,1-2H3,(H,16,18,19)/b9-3+,10-8-. The number of hydrogen-bond donors (Lipinski definition) is 2. The van der Waals surface area contributed by atoms with Crippen LogP contribution >= 0.6 is 0 Å². The first kappa shape index (κ1) is 14.3. The van der Waals surface area contributed by atoms with Gasteiger partial charge in [-0.15, -0.1) is 0 Å². The minimum atomic E-state index is -0.593. The molecule has 0 aromatic carbocycles. The number of carbonyl (C=O) groups is 3. The molecule has 0 aliphatic carbocycles. The summed E-state index contributed by atoms with van der Waals surface area (Å²) in [6.45, 7) is 3.94. The fraction of sp³-hybridized carbons (Fsp3) is 0.500. The lowest BCUT2D eigenvalue weighted by atomic mass is 9.93. The molecule has 0 saturated carbocycles. The van der Waals surface area contributed by atoms with E-state index in [9.17, 15) is 14.4 Å². The third kappa shape index (κ3) is 2.59. The first-order chi connectivity index (χ1) is 9.43. The van der Waals surface area contributed by atoms with Crippen LogP contribution in [0.3, 0.4) is 0 Å². The molecule has 108 valence electrons. The molecule has 2 rings (SSSR count). The quantitative estimate of drug-likeness (QED) is 0.529. The summed E-state index contributed by atoms with van der Waals surface area (Å²) in [6, 6.07) is -0.593. The van der Waals surface area contributed by atoms with Crippen LogP contribution < -0.4 is 11.1 Å². The van der Waals surface area contributed by atoms with Gasteiger partial charge in [0.25, 0.3) is 5.91 Å². The van der Waals surface area contributed by atoms with Crippen LogP contribution in [0.4, 0.5) is 0 Å². The van der Waals surface area contributed by atoms with Crippen molar-refractivity contribution in [2.24, 2.45) is 5.73 Å². The number of amides is 3. The minimum Gasteiger partial charge on any atom is -0.402 e. The van der Waals surface area contributed by atoms with E-state index in [1.54, 1.807) is 19.9 Å². The maximum atomic E-state index is 12.4. The van der Waals surface area contributed by atoms with Gasteiger partial charge >= 0.3 is 0 Å². The van der Waals surface area contributed by atoms with Crippen molar-refractivity contribution in [1.82, 2.24) is 10.2 Å². The maximum Gasteiger partial charge on any atom is 0.250 e. The highest BCUT2D eigenvalue weighted by Gasteiger charge is 2.38. The number of rotatable bonds is 1. The van der Waals surface area contributed by atoms with Gasteiger partial charge in [0.15, 0.2) is 0 Å². The third-order valence-electron chi connectivity index (χ3n) is 3.79. The van der Waals surface area contributed by atoms with Gasteiger partial charge in [-0.25, -0.2) is 0 Å². The topological polar surface area (TPSA) is 92.5 Å². The van der Waals surface area contributed by atoms with E-state index in [1.165, 1.54) is 4.90 Å². The van der Waals surface area contributed by atoms with Gasteiger partial charge in [0.05, 0.1) is 0 Å². The second-order valence-electron chi connectivity index (χ2n) is 5.18. The number of likely N-dealkylation sites (tertiary alicyclic amines) is 1. The average Bonchev–Trinajstić information content (AvgIpc) is 2.39. The summed E-state index contributed by atoms with van der Waals surface area (Å²) in [4.78, 5) is 37.0. The van der Waals surface area contributed by atoms with Gasteiger partial charge in [-0.2, -0.15) is 0 Å². The van der Waals surface area contributed by atoms with Gasteiger partial charge in [0, 0.05) is 30.7 Å². The van der Waals surface area contributed by atoms with Crippen LogP contribution in [-0.4, -0.2) is 35.2 Å². The summed E-state index contributed by atoms with van der Waals surface area (Å²) in [5.41, 5.74) is 8.10. The van der Waals surface area contributed by atoms with E-state index in [0.29, 0.717) is 30.7 Å². The molecule has 20 heavy (non-hydrogen) atoms. The molecule has 2 aliphatic heterocycles. The Bertz CT molecular complexity index is 530. The van der Waals surface area contributed by atoms with Crippen LogP contribution in [0.25, 0.3) is 0 Å². The van der Waals surface area contributed by atoms with Gasteiger partial charge in [0.1, 0.15) is 6.04 Å². The van der Waals surface area contributed by atoms with E-state index in [0.717, 1.165) is 5.57 Å². The fourth-order valence-electron chi connectivity index (χ4n) is 2.54. The summed E-state index contributed by atoms with van der Waals surface area (Å²) in [5.74, 6) is -0.833. The highest BCUT2D eigenvalue weighted by Crippen LogP contribution is 2.27. The number of hydrogen-bond acceptors (Lipinski definition) is 4. The zero-order valence-corrected chi connectivity index (χ0v) is 11.7. The van der Waals surface area contributed by atoms with E-state index in [4.69, 9.17) is 5.73 Å². The van der Waals surface area contributed by atoms with Crippen LogP contribution in [0.5, 0.6) is 0 Å². The molecule has 0 aromatic heterocycles. The monoisotopic (exact) mass is 277 g/mol. The fourth-order valence-corrected chi connectivity index (χ4v) is 2.54. The molecule has 6 nitrogen and oxygen atoms in total. The van der Waals surface area contributed by atoms with Crippen molar-refractivity contribution < 1.29 is 14.4 Å². The van der Waals surface area contributed by atoms with Crippen molar-refractivity contribution in [1.29, 1.82) is 0 Å². The molecule has 2 aliphatic rings. The minimum absolute atomic E-state index is 0.146. The molecule has 3 amide bonds. The molecule has 0 radical (unpaired) electrons. The van der Waals surface area contributed by atoms with Crippen molar-refractivity contribution in [3.8, 4) is 0 Å². The van der Waals surface area contributed by atoms with Crippen LogP contribution in [0.15, 0.2) is 22.9 Å². The molecular weight excluding hydrogens is 258 g/mol. The van der Waals surface area contributed by atoms with E-state index < -0.39 is 11.9 Å². The SMILES string of the molecule is C/C=C1\C/C(=C(\C)N)CN(C2CCC(=O)NC2=O)C1=O. The smallest absolute Gasteiger partial charge is 0.250 e. The summed E-state index contributed by atoms with van der Waals surface area (Å²) in [7, 11) is 0. The molecule has 2 saturated heterocycles. The molecule has 1 unspecified atom stereocenters. The first-order valence-corrected chi connectivity index (χ1v) is 6.68. The number of nitrogens with one attached hydrogen (secondary N) is 1. The largest absolute Gasteiger partial charge is 0.402 e. The van der Waals surface area contributed by atoms with Crippen LogP contribution in [0.2, 0.25) is 0 Å². The number of nitrogens with two attached hydrogens (primary N) is 1. The highest BCUT2D eigenvalue weighted by molar-refractivity contribution is 6.04. The van der Waals surface area contributed by atoms with E-state index in [1.807, 2.05) is 0 Å². The van der Waals surface area contributed by atoms with Gasteiger partial charge in [-0.05, 0) is 25.8 Å². The third-order valence-corrected chi connectivity index (χ3v) is 3.79. The summed E-state index contributed by atoms with van der Waals surface area (Å²) >= 11 is 0. The van der Waals surface area contributed by atoms with Gasteiger partial charge in [-0.1, -0.05) is 6.08 Å². The Hall–Kier alpha value is -2.11. The molecule has 0 spiro atoms. The predicted molar refractivity (Wildman–Crippen MR) is 73.1 cm³/mol. The lowest BCUT2D eigenvalue weighted by molar-refractivity contribution is -0.144. The van der Waals surface area contributed by atoms with Crippen molar-refractivity contribution in [3.63, 3.8) is 0 Å². The Morgan fingerprint density at radius 3 is 2.65 bits per heavy atom. The number of piperidine rings is 2. The Morgan fingerprint density at radius 1 is 1.40 bits per heavy atom. The molecule has 3 N–H and O–H groups in total. The van der Waals surface area contributed by atoms with Crippen molar-refractivity contribution in [3.05, 3.63) is 22.9 Å². The van der Waals surface area contributed by atoms with E-state index >= 15 is 0 Å². The second-order valence-corrected chi connectivity index (χ2v) is 5.18. The van der Waals surface area contributed by atoms with E-state index in [-0.39, 0.29) is 18.2 Å². The highest BCUT2D eigenvalue weighted by atomic mass is 16.2. The number of allylic oxidation sites excluding steroid dienone is 2. The summed E-state index contributed by atoms with van der Waals surface area (Å²) < 4.78 is 0. The summed E-state index contributed by atoms with van der Waals surface area (Å²) in [6.07, 6.45) is 2.90. The molecule has 2 fully saturated rings. The zero-order valence-electron chi connectivity index (χ0n) is 11.7. The summed E-state index contributed by atoms with van der Waals surface area (Å²) in [5, 5.41) is 2.29. The van der Waals surface area contributed by atoms with Crippen LogP contribution in [0, 0.1) is 0 Å². The number of carbonyl (C=O) groups excluding carboxylic acids is 3. The zero-order chi connectivity index (χ0) is 14.9. The van der Waals surface area contributed by atoms with Gasteiger partial charge in [0.2, 0.25) is 11.8 Å². The van der Waals surface area contributed by atoms with Crippen LogP contribution in [0.1, 0.15) is 33.1 Å². The average molecular weight is 277 g/mol. The number of imide groups is 1. The Kier molecular flexibility index (Phi) is 3.92. The number of nitrogens with zero attached hydrogens (tertiary/aromatic N) is 1. The molecule has 2 heterocycles. The van der Waals surface area contributed by atoms with Crippen molar-refractivity contribution in [2.45, 2.75) is 39.2 Å². The molecule has 6 heteroatoms. The lowest BCUT2D eigenvalue weighted by Gasteiger charge is -2.37. The van der Waals surface area contributed by atoms with Crippen LogP contribution in [-0.2, 0) is 14.4 Å². The molecule has 1 atom stereocenters. The maximum absolute atomic E-state index is 12.4. The van der Waals surface area contributed by atoms with Crippen molar-refractivity contribution in [2.75, 3.05) is 6.54 Å². The second kappa shape index (κ2) is 5.48. The van der Waals surface area contributed by atoms with Gasteiger partial charge in [-0.3, -0.25) is 19.7 Å². The first-order valence-electron chi connectivity index (χ1n) is 6.68. The predicted octanol–water partition coefficient (Wildman–Crippen LogP) is 0.203. The van der Waals surface area contributed by atoms with Gasteiger partial charge < -0.3 is 10.6 Å². The van der Waals surface area contributed by atoms with Crippen molar-refractivity contribution >= 4 is 17.7 Å². The molecule has 0 aromatic rings. The van der Waals surface area contributed by atoms with E-state index in [2.05, 4.69) is 5.32 Å². The molecule has 0 bridgehead atoms. The Labute approximate surface area is 117 Å². The molecular formula is C14H19N3O3. The Morgan fingerprint density at radius 2 is 2.10 bits per heavy atom. The normalized spacial score (nSPS) is 28.7. The Balaban J connectivity index is 2.29.